The summed E-state index contributed by atoms with van der Waals surface area (Å²) in [4.78, 5) is 23.3. The molecule has 0 spiro atoms. The van der Waals surface area contributed by atoms with E-state index in [0.717, 1.165) is 0 Å². The summed E-state index contributed by atoms with van der Waals surface area (Å²) in [5.74, 6) is -0.191. The number of hydrogen-bond acceptors (Lipinski definition) is 2. The average molecular weight is 338 g/mol. The van der Waals surface area contributed by atoms with Crippen molar-refractivity contribution in [3.63, 3.8) is 0 Å². The molecule has 0 saturated heterocycles. The summed E-state index contributed by atoms with van der Waals surface area (Å²) in [5.41, 5.74) is 1.51. The van der Waals surface area contributed by atoms with E-state index in [2.05, 4.69) is 16.0 Å². The van der Waals surface area contributed by atoms with Gasteiger partial charge in [-0.1, -0.05) is 23.2 Å². The van der Waals surface area contributed by atoms with Crippen molar-refractivity contribution in [2.45, 2.75) is 0 Å². The van der Waals surface area contributed by atoms with E-state index in [1.807, 2.05) is 0 Å². The Kier molecular flexibility index (Phi) is 5.25. The predicted molar refractivity (Wildman–Crippen MR) is 88.9 cm³/mol. The van der Waals surface area contributed by atoms with Gasteiger partial charge in [-0.05, 0) is 42.5 Å². The SMILES string of the molecule is CNC(=O)c1ccc(NC(=O)Nc2ccc(Cl)cc2Cl)cc1. The summed E-state index contributed by atoms with van der Waals surface area (Å²) in [7, 11) is 1.55. The molecule has 0 aromatic heterocycles. The Balaban J connectivity index is 2.01. The molecule has 0 radical (unpaired) electrons. The van der Waals surface area contributed by atoms with Crippen LogP contribution >= 0.6 is 23.2 Å². The van der Waals surface area contributed by atoms with Crippen LogP contribution in [0.2, 0.25) is 10.0 Å². The molecular formula is C15H13Cl2N3O2. The molecule has 5 nitrogen and oxygen atoms in total. The number of carbonyl (C=O) groups excluding carboxylic acids is 2. The average Bonchev–Trinajstić information content (AvgIpc) is 2.50. The molecular weight excluding hydrogens is 325 g/mol. The quantitative estimate of drug-likeness (QED) is 0.792. The van der Waals surface area contributed by atoms with Crippen LogP contribution in [0.25, 0.3) is 0 Å². The van der Waals surface area contributed by atoms with Gasteiger partial charge in [0.25, 0.3) is 5.91 Å². The molecule has 0 atom stereocenters. The number of amides is 3. The van der Waals surface area contributed by atoms with E-state index in [9.17, 15) is 9.59 Å². The third kappa shape index (κ3) is 4.13. The van der Waals surface area contributed by atoms with Gasteiger partial charge >= 0.3 is 6.03 Å². The molecule has 3 amide bonds. The first kappa shape index (κ1) is 16.1. The number of benzene rings is 2. The van der Waals surface area contributed by atoms with Crippen molar-refractivity contribution >= 4 is 46.5 Å². The zero-order chi connectivity index (χ0) is 16.1. The van der Waals surface area contributed by atoms with Crippen LogP contribution in [0.1, 0.15) is 10.4 Å². The van der Waals surface area contributed by atoms with Crippen LogP contribution in [-0.2, 0) is 0 Å². The number of halogens is 2. The summed E-state index contributed by atoms with van der Waals surface area (Å²) in [6.07, 6.45) is 0. The Bertz CT molecular complexity index is 702. The van der Waals surface area contributed by atoms with Crippen LogP contribution in [-0.4, -0.2) is 19.0 Å². The molecule has 0 aliphatic carbocycles. The Hall–Kier alpha value is -2.24. The Morgan fingerprint density at radius 3 is 2.23 bits per heavy atom. The van der Waals surface area contributed by atoms with E-state index < -0.39 is 6.03 Å². The molecule has 2 aromatic carbocycles. The van der Waals surface area contributed by atoms with Gasteiger partial charge in [-0.2, -0.15) is 0 Å². The molecule has 0 saturated carbocycles. The summed E-state index contributed by atoms with van der Waals surface area (Å²) in [6.45, 7) is 0. The summed E-state index contributed by atoms with van der Waals surface area (Å²) < 4.78 is 0. The van der Waals surface area contributed by atoms with Crippen molar-refractivity contribution < 1.29 is 9.59 Å². The number of nitrogens with one attached hydrogen (secondary N) is 3. The maximum atomic E-state index is 11.9. The molecule has 22 heavy (non-hydrogen) atoms. The number of hydrogen-bond donors (Lipinski definition) is 3. The van der Waals surface area contributed by atoms with Crippen molar-refractivity contribution in [3.05, 3.63) is 58.1 Å². The van der Waals surface area contributed by atoms with E-state index in [4.69, 9.17) is 23.2 Å². The minimum Gasteiger partial charge on any atom is -0.355 e. The maximum absolute atomic E-state index is 11.9. The van der Waals surface area contributed by atoms with Crippen molar-refractivity contribution in [3.8, 4) is 0 Å². The fourth-order valence-corrected chi connectivity index (χ4v) is 2.18. The summed E-state index contributed by atoms with van der Waals surface area (Å²) >= 11 is 11.8. The molecule has 114 valence electrons. The highest BCUT2D eigenvalue weighted by molar-refractivity contribution is 6.36. The molecule has 7 heteroatoms. The van der Waals surface area contributed by atoms with Crippen molar-refractivity contribution in [1.29, 1.82) is 0 Å². The number of rotatable bonds is 3. The molecule has 3 N–H and O–H groups in total. The topological polar surface area (TPSA) is 70.2 Å². The molecule has 0 fully saturated rings. The summed E-state index contributed by atoms with van der Waals surface area (Å²) in [5, 5.41) is 8.61. The van der Waals surface area contributed by atoms with E-state index >= 15 is 0 Å². The van der Waals surface area contributed by atoms with Crippen LogP contribution in [0.3, 0.4) is 0 Å². The van der Waals surface area contributed by atoms with Gasteiger partial charge in [0.1, 0.15) is 0 Å². The Labute approximate surface area is 137 Å². The predicted octanol–water partition coefficient (Wildman–Crippen LogP) is 4.00. The second-order valence-corrected chi connectivity index (χ2v) is 5.20. The van der Waals surface area contributed by atoms with Crippen LogP contribution in [0.5, 0.6) is 0 Å². The van der Waals surface area contributed by atoms with Gasteiger partial charge in [0, 0.05) is 23.3 Å². The van der Waals surface area contributed by atoms with Crippen molar-refractivity contribution in [1.82, 2.24) is 5.32 Å². The van der Waals surface area contributed by atoms with Crippen molar-refractivity contribution in [2.75, 3.05) is 17.7 Å². The maximum Gasteiger partial charge on any atom is 0.323 e. The Morgan fingerprint density at radius 1 is 0.955 bits per heavy atom. The van der Waals surface area contributed by atoms with Gasteiger partial charge in [0.15, 0.2) is 0 Å². The first-order valence-corrected chi connectivity index (χ1v) is 7.10. The van der Waals surface area contributed by atoms with Gasteiger partial charge in [0.05, 0.1) is 10.7 Å². The highest BCUT2D eigenvalue weighted by atomic mass is 35.5. The van der Waals surface area contributed by atoms with E-state index in [0.29, 0.717) is 27.0 Å². The van der Waals surface area contributed by atoms with Gasteiger partial charge < -0.3 is 16.0 Å². The van der Waals surface area contributed by atoms with Crippen molar-refractivity contribution in [2.24, 2.45) is 0 Å². The molecule has 2 aromatic rings. The van der Waals surface area contributed by atoms with Gasteiger partial charge in [-0.25, -0.2) is 4.79 Å². The van der Waals surface area contributed by atoms with E-state index in [1.165, 1.54) is 6.07 Å². The second kappa shape index (κ2) is 7.15. The molecule has 0 aliphatic rings. The first-order chi connectivity index (χ1) is 10.5. The second-order valence-electron chi connectivity index (χ2n) is 4.36. The lowest BCUT2D eigenvalue weighted by atomic mass is 10.2. The van der Waals surface area contributed by atoms with Crippen LogP contribution in [0.4, 0.5) is 16.2 Å². The minimum absolute atomic E-state index is 0.191. The van der Waals surface area contributed by atoms with Gasteiger partial charge in [-0.3, -0.25) is 4.79 Å². The number of urea groups is 1. The van der Waals surface area contributed by atoms with E-state index in [-0.39, 0.29) is 5.91 Å². The summed E-state index contributed by atoms with van der Waals surface area (Å²) in [6, 6.07) is 10.8. The van der Waals surface area contributed by atoms with Gasteiger partial charge in [-0.15, -0.1) is 0 Å². The van der Waals surface area contributed by atoms with Crippen LogP contribution in [0.15, 0.2) is 42.5 Å². The largest absolute Gasteiger partial charge is 0.355 e. The molecule has 0 heterocycles. The lowest BCUT2D eigenvalue weighted by Gasteiger charge is -2.09. The monoisotopic (exact) mass is 337 g/mol. The standard InChI is InChI=1S/C15H13Cl2N3O2/c1-18-14(21)9-2-5-11(6-3-9)19-15(22)20-13-7-4-10(16)8-12(13)17/h2-8H,1H3,(H,18,21)(H2,19,20,22). The lowest BCUT2D eigenvalue weighted by molar-refractivity contribution is 0.0963. The lowest BCUT2D eigenvalue weighted by Crippen LogP contribution is -2.20. The van der Waals surface area contributed by atoms with Crippen LogP contribution in [0, 0.1) is 0 Å². The molecule has 0 aliphatic heterocycles. The fraction of sp³-hybridized carbons (Fsp3) is 0.0667. The molecule has 2 rings (SSSR count). The zero-order valence-corrected chi connectivity index (χ0v) is 13.1. The third-order valence-electron chi connectivity index (χ3n) is 2.81. The normalized spacial score (nSPS) is 9.95. The molecule has 0 unspecified atom stereocenters. The number of carbonyl (C=O) groups is 2. The van der Waals surface area contributed by atoms with E-state index in [1.54, 1.807) is 43.4 Å². The van der Waals surface area contributed by atoms with Crippen LogP contribution < -0.4 is 16.0 Å². The highest BCUT2D eigenvalue weighted by Crippen LogP contribution is 2.25. The smallest absolute Gasteiger partial charge is 0.323 e. The number of anilines is 2. The Morgan fingerprint density at radius 2 is 1.64 bits per heavy atom. The zero-order valence-electron chi connectivity index (χ0n) is 11.6. The first-order valence-electron chi connectivity index (χ1n) is 6.35. The highest BCUT2D eigenvalue weighted by Gasteiger charge is 2.07. The van der Waals surface area contributed by atoms with Gasteiger partial charge in [0.2, 0.25) is 0 Å². The minimum atomic E-state index is -0.447. The molecule has 0 bridgehead atoms. The fourth-order valence-electron chi connectivity index (χ4n) is 1.72. The third-order valence-corrected chi connectivity index (χ3v) is 3.36.